The maximum absolute atomic E-state index is 12.9. The van der Waals surface area contributed by atoms with E-state index in [1.807, 2.05) is 0 Å². The van der Waals surface area contributed by atoms with Gasteiger partial charge in [-0.1, -0.05) is 23.2 Å². The predicted molar refractivity (Wildman–Crippen MR) is 142 cm³/mol. The Morgan fingerprint density at radius 2 is 1.50 bits per heavy atom. The van der Waals surface area contributed by atoms with Gasteiger partial charge in [0.2, 0.25) is 0 Å². The van der Waals surface area contributed by atoms with Crippen LogP contribution in [0.15, 0.2) is 58.3 Å². The van der Waals surface area contributed by atoms with Crippen LogP contribution in [0.25, 0.3) is 0 Å². The third kappa shape index (κ3) is 7.29. The van der Waals surface area contributed by atoms with E-state index in [0.717, 1.165) is 24.3 Å². The Kier molecular flexibility index (Phi) is 10.5. The van der Waals surface area contributed by atoms with Gasteiger partial charge in [-0.3, -0.25) is 9.69 Å². The summed E-state index contributed by atoms with van der Waals surface area (Å²) in [5, 5.41) is 0.295. The summed E-state index contributed by atoms with van der Waals surface area (Å²) in [6.45, 7) is 0. The number of hydrogen-bond acceptors (Lipinski definition) is 5. The summed E-state index contributed by atoms with van der Waals surface area (Å²) >= 11 is 17.2. The summed E-state index contributed by atoms with van der Waals surface area (Å²) in [7, 11) is 1.39. The van der Waals surface area contributed by atoms with Crippen molar-refractivity contribution >= 4 is 77.3 Å². The van der Waals surface area contributed by atoms with Gasteiger partial charge in [-0.2, -0.15) is 26.3 Å². The molecule has 1 amide bonds. The van der Waals surface area contributed by atoms with Gasteiger partial charge >= 0.3 is 12.4 Å². The molecule has 1 heterocycles. The molecule has 0 saturated carbocycles. The van der Waals surface area contributed by atoms with Crippen LogP contribution < -0.4 is 15.4 Å². The smallest absolute Gasteiger partial charge is 0.416 e. The van der Waals surface area contributed by atoms with Crippen LogP contribution in [0.3, 0.4) is 0 Å². The number of benzene rings is 3. The minimum Gasteiger partial charge on any atom is -0.494 e. The van der Waals surface area contributed by atoms with Crippen molar-refractivity contribution < 1.29 is 35.9 Å². The van der Waals surface area contributed by atoms with E-state index in [-0.39, 0.29) is 51.0 Å². The lowest BCUT2D eigenvalue weighted by atomic mass is 10.1. The molecule has 0 spiro atoms. The number of hydrogen-bond donors (Lipinski definition) is 2. The molecule has 0 radical (unpaired) electrons. The molecule has 0 unspecified atom stereocenters. The first kappa shape index (κ1) is 32.1. The van der Waals surface area contributed by atoms with Crippen LogP contribution in [0.1, 0.15) is 21.5 Å². The van der Waals surface area contributed by atoms with E-state index in [9.17, 15) is 31.1 Å². The van der Waals surface area contributed by atoms with Gasteiger partial charge < -0.3 is 10.5 Å². The van der Waals surface area contributed by atoms with Crippen molar-refractivity contribution in [3.05, 3.63) is 75.3 Å². The second-order valence-corrected chi connectivity index (χ2v) is 9.71. The third-order valence-electron chi connectivity index (χ3n) is 4.98. The summed E-state index contributed by atoms with van der Waals surface area (Å²) in [6, 6.07) is 9.13. The second-order valence-electron chi connectivity index (χ2n) is 7.43. The maximum Gasteiger partial charge on any atom is 0.416 e. The summed E-state index contributed by atoms with van der Waals surface area (Å²) in [6.07, 6.45) is -8.82. The highest BCUT2D eigenvalue weighted by molar-refractivity contribution is 8.00. The van der Waals surface area contributed by atoms with Crippen LogP contribution in [0.2, 0.25) is 10.0 Å². The molecule has 38 heavy (non-hydrogen) atoms. The Morgan fingerprint density at radius 3 is 2.00 bits per heavy atom. The van der Waals surface area contributed by atoms with E-state index in [2.05, 4.69) is 12.6 Å². The number of amides is 1. The normalized spacial score (nSPS) is 12.7. The van der Waals surface area contributed by atoms with Gasteiger partial charge in [0.25, 0.3) is 5.91 Å². The Morgan fingerprint density at radius 1 is 0.974 bits per heavy atom. The van der Waals surface area contributed by atoms with Gasteiger partial charge in [0.1, 0.15) is 0 Å². The van der Waals surface area contributed by atoms with Crippen molar-refractivity contribution in [2.75, 3.05) is 23.6 Å². The summed E-state index contributed by atoms with van der Waals surface area (Å²) in [5.74, 6) is -0.0519. The molecule has 0 fully saturated rings. The molecule has 0 aromatic heterocycles. The van der Waals surface area contributed by atoms with Crippen molar-refractivity contribution in [2.24, 2.45) is 0 Å². The largest absolute Gasteiger partial charge is 0.494 e. The molecular formula is C23H17Cl3F6N2O2S2. The zero-order chi connectivity index (χ0) is 27.7. The maximum atomic E-state index is 12.9. The van der Waals surface area contributed by atoms with Gasteiger partial charge in [0.15, 0.2) is 5.75 Å². The number of methoxy groups -OCH3 is 1. The molecule has 1 aliphatic rings. The first-order valence-electron chi connectivity index (χ1n) is 9.98. The van der Waals surface area contributed by atoms with Crippen molar-refractivity contribution in [2.45, 2.75) is 22.1 Å². The van der Waals surface area contributed by atoms with Gasteiger partial charge in [0.05, 0.1) is 39.8 Å². The zero-order valence-corrected chi connectivity index (χ0v) is 23.0. The Balaban J connectivity index is 0.000000330. The fourth-order valence-corrected chi connectivity index (χ4v) is 4.95. The fraction of sp³-hybridized carbons (Fsp3) is 0.174. The number of nitrogens with two attached hydrogens (primary N) is 1. The van der Waals surface area contributed by atoms with Crippen LogP contribution >= 0.6 is 60.0 Å². The zero-order valence-electron chi connectivity index (χ0n) is 19.0. The first-order valence-corrected chi connectivity index (χ1v) is 12.2. The number of nitrogens with zero attached hydrogens (tertiary/aromatic N) is 1. The number of fused-ring (bicyclic) bond motifs is 1. The predicted octanol–water partition coefficient (Wildman–Crippen LogP) is 8.73. The van der Waals surface area contributed by atoms with Gasteiger partial charge in [-0.25, -0.2) is 0 Å². The lowest BCUT2D eigenvalue weighted by Gasteiger charge is -2.18. The molecule has 3 aromatic rings. The van der Waals surface area contributed by atoms with Crippen LogP contribution in [0.5, 0.6) is 5.75 Å². The molecule has 15 heteroatoms. The number of anilines is 2. The van der Waals surface area contributed by atoms with Crippen LogP contribution in [-0.2, 0) is 12.4 Å². The molecule has 206 valence electrons. The van der Waals surface area contributed by atoms with E-state index in [4.69, 9.17) is 33.7 Å². The average molecular weight is 638 g/mol. The van der Waals surface area contributed by atoms with E-state index >= 15 is 0 Å². The van der Waals surface area contributed by atoms with E-state index in [1.54, 1.807) is 0 Å². The summed E-state index contributed by atoms with van der Waals surface area (Å²) < 4.78 is 79.9. The Bertz CT molecular complexity index is 1320. The summed E-state index contributed by atoms with van der Waals surface area (Å²) in [4.78, 5) is 15.0. The SMILES string of the molecule is COc1c(Cl)cc(C(=O)N2CSc3ccc(C(F)(F)F)cc32)cc1Cl.Cl.Nc1cc(C(F)(F)F)ccc1S. The van der Waals surface area contributed by atoms with Crippen molar-refractivity contribution in [1.29, 1.82) is 0 Å². The number of nitrogen functional groups attached to an aromatic ring is 1. The minimum atomic E-state index is -4.48. The van der Waals surface area contributed by atoms with Crippen LogP contribution in [0, 0.1) is 0 Å². The van der Waals surface area contributed by atoms with Gasteiger partial charge in [0, 0.05) is 21.0 Å². The second kappa shape index (κ2) is 12.4. The quantitative estimate of drug-likeness (QED) is 0.168. The highest BCUT2D eigenvalue weighted by atomic mass is 35.5. The lowest BCUT2D eigenvalue weighted by Crippen LogP contribution is -2.28. The molecule has 0 saturated heterocycles. The van der Waals surface area contributed by atoms with Crippen molar-refractivity contribution in [1.82, 2.24) is 0 Å². The van der Waals surface area contributed by atoms with Crippen LogP contribution in [0.4, 0.5) is 37.7 Å². The molecule has 2 N–H and O–H groups in total. The average Bonchev–Trinajstić information content (AvgIpc) is 3.22. The summed E-state index contributed by atoms with van der Waals surface area (Å²) in [5.41, 5.74) is 4.10. The Hall–Kier alpha value is -2.12. The van der Waals surface area contributed by atoms with Gasteiger partial charge in [-0.05, 0) is 48.5 Å². The van der Waals surface area contributed by atoms with Crippen molar-refractivity contribution in [3.8, 4) is 5.75 Å². The van der Waals surface area contributed by atoms with E-state index < -0.39 is 29.4 Å². The highest BCUT2D eigenvalue weighted by Gasteiger charge is 2.34. The van der Waals surface area contributed by atoms with Crippen molar-refractivity contribution in [3.63, 3.8) is 0 Å². The number of thioether (sulfide) groups is 1. The Labute approximate surface area is 239 Å². The number of halogens is 9. The molecule has 0 bridgehead atoms. The number of ether oxygens (including phenoxy) is 1. The highest BCUT2D eigenvalue weighted by Crippen LogP contribution is 2.43. The molecule has 0 atom stereocenters. The van der Waals surface area contributed by atoms with E-state index in [0.29, 0.717) is 9.79 Å². The number of alkyl halides is 6. The number of carbonyl (C=O) groups excluding carboxylic acids is 1. The molecule has 0 aliphatic carbocycles. The van der Waals surface area contributed by atoms with Crippen LogP contribution in [-0.4, -0.2) is 18.9 Å². The van der Waals surface area contributed by atoms with Gasteiger partial charge in [-0.15, -0.1) is 36.8 Å². The number of thiol groups is 1. The standard InChI is InChI=1S/C16H10Cl2F3NO2S.C7H6F3NS.ClH/c1-24-14-10(17)4-8(5-11(14)18)15(23)22-7-25-13-3-2-9(6-12(13)22)16(19,20)21;8-7(9,10)4-1-2-6(12)5(11)3-4;/h2-6H,7H2,1H3;1-3,12H,11H2;1H. The molecule has 4 rings (SSSR count). The monoisotopic (exact) mass is 636 g/mol. The molecule has 3 aromatic carbocycles. The topological polar surface area (TPSA) is 55.6 Å². The molecule has 1 aliphatic heterocycles. The van der Waals surface area contributed by atoms with E-state index in [1.165, 1.54) is 48.0 Å². The number of carbonyl (C=O) groups is 1. The minimum absolute atomic E-state index is 0. The third-order valence-corrected chi connectivity index (χ3v) is 6.99. The lowest BCUT2D eigenvalue weighted by molar-refractivity contribution is -0.138. The molecule has 4 nitrogen and oxygen atoms in total. The fourth-order valence-electron chi connectivity index (χ4n) is 3.16. The molecular weight excluding hydrogens is 621 g/mol. The number of rotatable bonds is 2. The first-order chi connectivity index (χ1) is 17.1.